The molecule has 0 unspecified atom stereocenters. The standard InChI is InChI=1S/C19H24N4O2/c1-12(2)23-7-5-4-6-18(23)17-9-16(21-13(3)22-17)14-8-15(19(24)25)11-20-10-14/h8-12,18H,4-7H2,1-3H3,(H,24,25)/t18-/m1/s1. The van der Waals surface area contributed by atoms with Crippen LogP contribution in [0, 0.1) is 6.92 Å². The lowest BCUT2D eigenvalue weighted by Gasteiger charge is -2.38. The number of aryl methyl sites for hydroxylation is 1. The molecule has 25 heavy (non-hydrogen) atoms. The minimum atomic E-state index is -0.987. The highest BCUT2D eigenvalue weighted by Gasteiger charge is 2.27. The van der Waals surface area contributed by atoms with Crippen LogP contribution in [0.15, 0.2) is 24.5 Å². The third-order valence-electron chi connectivity index (χ3n) is 4.69. The van der Waals surface area contributed by atoms with Crippen LogP contribution in [0.2, 0.25) is 0 Å². The third kappa shape index (κ3) is 3.85. The SMILES string of the molecule is Cc1nc(-c2cncc(C(=O)O)c2)cc([C@H]2CCCCN2C(C)C)n1. The van der Waals surface area contributed by atoms with Crippen LogP contribution in [0.4, 0.5) is 0 Å². The number of pyridine rings is 1. The lowest BCUT2D eigenvalue weighted by Crippen LogP contribution is -2.39. The predicted octanol–water partition coefficient (Wildman–Crippen LogP) is 3.48. The molecule has 0 spiro atoms. The average molecular weight is 340 g/mol. The molecule has 6 nitrogen and oxygen atoms in total. The summed E-state index contributed by atoms with van der Waals surface area (Å²) in [5.74, 6) is -0.291. The fourth-order valence-electron chi connectivity index (χ4n) is 3.50. The highest BCUT2D eigenvalue weighted by atomic mass is 16.4. The lowest BCUT2D eigenvalue weighted by molar-refractivity contribution is 0.0696. The number of nitrogens with zero attached hydrogens (tertiary/aromatic N) is 4. The number of carboxylic acids is 1. The van der Waals surface area contributed by atoms with Crippen LogP contribution < -0.4 is 0 Å². The molecule has 6 heteroatoms. The molecule has 3 heterocycles. The Hall–Kier alpha value is -2.34. The first-order valence-corrected chi connectivity index (χ1v) is 8.75. The van der Waals surface area contributed by atoms with Crippen molar-refractivity contribution in [3.8, 4) is 11.3 Å². The van der Waals surface area contributed by atoms with Crippen LogP contribution in [0.25, 0.3) is 11.3 Å². The van der Waals surface area contributed by atoms with Gasteiger partial charge in [-0.1, -0.05) is 6.42 Å². The normalized spacial score (nSPS) is 18.5. The summed E-state index contributed by atoms with van der Waals surface area (Å²) in [6, 6.07) is 4.34. The Bertz CT molecular complexity index is 776. The first-order valence-electron chi connectivity index (χ1n) is 8.75. The minimum absolute atomic E-state index is 0.164. The second-order valence-electron chi connectivity index (χ2n) is 6.84. The molecule has 3 rings (SSSR count). The number of likely N-dealkylation sites (tertiary alicyclic amines) is 1. The van der Waals surface area contributed by atoms with Gasteiger partial charge in [-0.3, -0.25) is 9.88 Å². The summed E-state index contributed by atoms with van der Waals surface area (Å²) in [7, 11) is 0. The van der Waals surface area contributed by atoms with E-state index >= 15 is 0 Å². The molecule has 132 valence electrons. The van der Waals surface area contributed by atoms with Gasteiger partial charge in [0.05, 0.1) is 23.0 Å². The van der Waals surface area contributed by atoms with Gasteiger partial charge < -0.3 is 5.11 Å². The molecule has 0 bridgehead atoms. The van der Waals surface area contributed by atoms with E-state index in [1.54, 1.807) is 12.3 Å². The van der Waals surface area contributed by atoms with Gasteiger partial charge in [0.2, 0.25) is 0 Å². The van der Waals surface area contributed by atoms with Crippen molar-refractivity contribution in [1.82, 2.24) is 19.9 Å². The summed E-state index contributed by atoms with van der Waals surface area (Å²) in [6.45, 7) is 7.39. The van der Waals surface area contributed by atoms with E-state index in [0.717, 1.165) is 24.4 Å². The number of hydrogen-bond donors (Lipinski definition) is 1. The average Bonchev–Trinajstić information content (AvgIpc) is 2.61. The molecule has 0 aromatic carbocycles. The maximum Gasteiger partial charge on any atom is 0.337 e. The number of aromatic carboxylic acids is 1. The van der Waals surface area contributed by atoms with Crippen LogP contribution in [0.5, 0.6) is 0 Å². The van der Waals surface area contributed by atoms with Crippen molar-refractivity contribution >= 4 is 5.97 Å². The van der Waals surface area contributed by atoms with E-state index < -0.39 is 5.97 Å². The van der Waals surface area contributed by atoms with Crippen LogP contribution in [-0.4, -0.2) is 43.5 Å². The third-order valence-corrected chi connectivity index (χ3v) is 4.69. The van der Waals surface area contributed by atoms with Gasteiger partial charge in [-0.15, -0.1) is 0 Å². The van der Waals surface area contributed by atoms with Crippen molar-refractivity contribution < 1.29 is 9.90 Å². The summed E-state index contributed by atoms with van der Waals surface area (Å²) in [5.41, 5.74) is 2.61. The van der Waals surface area contributed by atoms with E-state index in [0.29, 0.717) is 17.4 Å². The Morgan fingerprint density at radius 3 is 2.76 bits per heavy atom. The topological polar surface area (TPSA) is 79.2 Å². The molecule has 1 N–H and O–H groups in total. The van der Waals surface area contributed by atoms with Gasteiger partial charge in [-0.2, -0.15) is 0 Å². The molecule has 2 aromatic rings. The summed E-state index contributed by atoms with van der Waals surface area (Å²) in [6.07, 6.45) is 6.50. The van der Waals surface area contributed by atoms with Crippen molar-refractivity contribution in [2.24, 2.45) is 0 Å². The van der Waals surface area contributed by atoms with Gasteiger partial charge >= 0.3 is 5.97 Å². The highest BCUT2D eigenvalue weighted by Crippen LogP contribution is 2.33. The second kappa shape index (κ2) is 7.27. The molecule has 0 aliphatic carbocycles. The van der Waals surface area contributed by atoms with E-state index in [1.165, 1.54) is 19.0 Å². The van der Waals surface area contributed by atoms with Crippen LogP contribution in [-0.2, 0) is 0 Å². The maximum absolute atomic E-state index is 11.2. The molecule has 1 aliphatic heterocycles. The van der Waals surface area contributed by atoms with E-state index in [9.17, 15) is 9.90 Å². The zero-order valence-corrected chi connectivity index (χ0v) is 14.9. The van der Waals surface area contributed by atoms with Gasteiger partial charge in [0.25, 0.3) is 0 Å². The molecular weight excluding hydrogens is 316 g/mol. The molecule has 1 saturated heterocycles. The number of hydrogen-bond acceptors (Lipinski definition) is 5. The van der Waals surface area contributed by atoms with Gasteiger partial charge in [-0.25, -0.2) is 14.8 Å². The van der Waals surface area contributed by atoms with Crippen molar-refractivity contribution in [3.63, 3.8) is 0 Å². The first-order chi connectivity index (χ1) is 12.0. The minimum Gasteiger partial charge on any atom is -0.478 e. The van der Waals surface area contributed by atoms with Crippen molar-refractivity contribution in [3.05, 3.63) is 41.6 Å². The number of aromatic nitrogens is 3. The van der Waals surface area contributed by atoms with E-state index in [1.807, 2.05) is 13.0 Å². The van der Waals surface area contributed by atoms with Gasteiger partial charge in [0.1, 0.15) is 5.82 Å². The van der Waals surface area contributed by atoms with Crippen molar-refractivity contribution in [1.29, 1.82) is 0 Å². The van der Waals surface area contributed by atoms with Crippen LogP contribution >= 0.6 is 0 Å². The molecule has 2 aromatic heterocycles. The Morgan fingerprint density at radius 1 is 1.24 bits per heavy atom. The zero-order valence-electron chi connectivity index (χ0n) is 14.9. The molecule has 0 radical (unpaired) electrons. The van der Waals surface area contributed by atoms with Crippen molar-refractivity contribution in [2.45, 2.75) is 52.1 Å². The molecule has 0 saturated carbocycles. The smallest absolute Gasteiger partial charge is 0.337 e. The van der Waals surface area contributed by atoms with Gasteiger partial charge in [-0.05, 0) is 52.3 Å². The number of carboxylic acid groups (broad SMARTS) is 1. The predicted molar refractivity (Wildman–Crippen MR) is 95.4 cm³/mol. The summed E-state index contributed by atoms with van der Waals surface area (Å²) < 4.78 is 0. The zero-order chi connectivity index (χ0) is 18.0. The van der Waals surface area contributed by atoms with Gasteiger partial charge in [0, 0.05) is 24.0 Å². The Kier molecular flexibility index (Phi) is 5.08. The quantitative estimate of drug-likeness (QED) is 0.918. The largest absolute Gasteiger partial charge is 0.478 e. The van der Waals surface area contributed by atoms with E-state index in [-0.39, 0.29) is 11.6 Å². The first kappa shape index (κ1) is 17.5. The lowest BCUT2D eigenvalue weighted by atomic mass is 9.96. The monoisotopic (exact) mass is 340 g/mol. The highest BCUT2D eigenvalue weighted by molar-refractivity contribution is 5.88. The van der Waals surface area contributed by atoms with Crippen LogP contribution in [0.1, 0.15) is 61.0 Å². The Morgan fingerprint density at radius 2 is 2.04 bits per heavy atom. The second-order valence-corrected chi connectivity index (χ2v) is 6.84. The van der Waals surface area contributed by atoms with E-state index in [4.69, 9.17) is 0 Å². The maximum atomic E-state index is 11.2. The molecule has 0 amide bonds. The summed E-state index contributed by atoms with van der Waals surface area (Å²) in [4.78, 5) is 26.9. The summed E-state index contributed by atoms with van der Waals surface area (Å²) >= 11 is 0. The molecule has 1 aliphatic rings. The summed E-state index contributed by atoms with van der Waals surface area (Å²) in [5, 5.41) is 9.19. The number of carbonyl (C=O) groups is 1. The molecule has 1 atom stereocenters. The fraction of sp³-hybridized carbons (Fsp3) is 0.474. The Labute approximate surface area is 148 Å². The number of rotatable bonds is 4. The van der Waals surface area contributed by atoms with E-state index in [2.05, 4.69) is 33.7 Å². The van der Waals surface area contributed by atoms with Crippen LogP contribution in [0.3, 0.4) is 0 Å². The Balaban J connectivity index is 2.01. The van der Waals surface area contributed by atoms with Crippen molar-refractivity contribution in [2.75, 3.05) is 6.54 Å². The molecular formula is C19H24N4O2. The van der Waals surface area contributed by atoms with Gasteiger partial charge in [0.15, 0.2) is 0 Å². The fourth-order valence-corrected chi connectivity index (χ4v) is 3.50. The molecule has 1 fully saturated rings. The number of piperidine rings is 1.